The van der Waals surface area contributed by atoms with Gasteiger partial charge in [0.25, 0.3) is 5.91 Å². The Morgan fingerprint density at radius 1 is 1.23 bits per heavy atom. The van der Waals surface area contributed by atoms with Crippen molar-refractivity contribution < 1.29 is 14.3 Å². The lowest BCUT2D eigenvalue weighted by atomic mass is 10.1. The second-order valence-corrected chi connectivity index (χ2v) is 5.20. The molecule has 0 fully saturated rings. The van der Waals surface area contributed by atoms with Gasteiger partial charge in [0.05, 0.1) is 30.0 Å². The van der Waals surface area contributed by atoms with E-state index in [0.717, 1.165) is 0 Å². The van der Waals surface area contributed by atoms with E-state index in [9.17, 15) is 4.79 Å². The molecule has 0 heterocycles. The van der Waals surface area contributed by atoms with E-state index in [0.29, 0.717) is 23.1 Å². The molecular weight excluding hydrogens is 325 g/mol. The van der Waals surface area contributed by atoms with Crippen molar-refractivity contribution in [2.75, 3.05) is 19.0 Å². The van der Waals surface area contributed by atoms with Gasteiger partial charge in [0.1, 0.15) is 11.5 Å². The molecule has 2 aromatic carbocycles. The third kappa shape index (κ3) is 3.64. The van der Waals surface area contributed by atoms with Crippen molar-refractivity contribution in [3.05, 3.63) is 52.0 Å². The van der Waals surface area contributed by atoms with Gasteiger partial charge in [0, 0.05) is 5.02 Å². The highest BCUT2D eigenvalue weighted by Crippen LogP contribution is 2.33. The largest absolute Gasteiger partial charge is 0.494 e. The average molecular weight is 340 g/mol. The quantitative estimate of drug-likeness (QED) is 0.862. The first-order chi connectivity index (χ1) is 10.6. The lowest BCUT2D eigenvalue weighted by Crippen LogP contribution is -2.14. The zero-order valence-electron chi connectivity index (χ0n) is 12.2. The van der Waals surface area contributed by atoms with Gasteiger partial charge in [-0.3, -0.25) is 4.79 Å². The molecule has 0 aliphatic carbocycles. The van der Waals surface area contributed by atoms with Crippen LogP contribution in [-0.2, 0) is 0 Å². The zero-order valence-corrected chi connectivity index (χ0v) is 13.7. The summed E-state index contributed by atoms with van der Waals surface area (Å²) in [4.78, 5) is 12.5. The molecule has 0 unspecified atom stereocenters. The van der Waals surface area contributed by atoms with E-state index < -0.39 is 0 Å². The average Bonchev–Trinajstić information content (AvgIpc) is 2.48. The predicted molar refractivity (Wildman–Crippen MR) is 88.6 cm³/mol. The molecule has 2 rings (SSSR count). The Hall–Kier alpha value is -1.91. The van der Waals surface area contributed by atoms with Crippen LogP contribution >= 0.6 is 23.2 Å². The maximum Gasteiger partial charge on any atom is 0.259 e. The number of nitrogens with one attached hydrogen (secondary N) is 1. The summed E-state index contributed by atoms with van der Waals surface area (Å²) in [6, 6.07) is 10.2. The summed E-state index contributed by atoms with van der Waals surface area (Å²) >= 11 is 12.0. The van der Waals surface area contributed by atoms with Crippen molar-refractivity contribution >= 4 is 34.8 Å². The fraction of sp³-hybridized carbons (Fsp3) is 0.188. The Kier molecular flexibility index (Phi) is 5.52. The first kappa shape index (κ1) is 16.5. The number of carbonyl (C=O) groups is 1. The normalized spacial score (nSPS) is 10.2. The van der Waals surface area contributed by atoms with Gasteiger partial charge in [0.15, 0.2) is 0 Å². The third-order valence-corrected chi connectivity index (χ3v) is 3.39. The van der Waals surface area contributed by atoms with Crippen LogP contribution in [0.5, 0.6) is 11.5 Å². The molecule has 0 aromatic heterocycles. The highest BCUT2D eigenvalue weighted by molar-refractivity contribution is 6.36. The van der Waals surface area contributed by atoms with Gasteiger partial charge < -0.3 is 14.8 Å². The van der Waals surface area contributed by atoms with Crippen LogP contribution in [0, 0.1) is 0 Å². The molecule has 0 spiro atoms. The molecule has 0 saturated heterocycles. The van der Waals surface area contributed by atoms with Crippen molar-refractivity contribution in [3.8, 4) is 11.5 Å². The van der Waals surface area contributed by atoms with Crippen molar-refractivity contribution in [1.82, 2.24) is 0 Å². The van der Waals surface area contributed by atoms with Gasteiger partial charge in [-0.1, -0.05) is 35.3 Å². The number of halogens is 2. The van der Waals surface area contributed by atoms with Crippen LogP contribution in [0.4, 0.5) is 5.69 Å². The fourth-order valence-corrected chi connectivity index (χ4v) is 2.55. The van der Waals surface area contributed by atoms with E-state index in [2.05, 4.69) is 5.32 Å². The summed E-state index contributed by atoms with van der Waals surface area (Å²) in [7, 11) is 1.44. The molecule has 0 aliphatic heterocycles. The summed E-state index contributed by atoms with van der Waals surface area (Å²) in [6.07, 6.45) is 0. The number of carbonyl (C=O) groups excluding carboxylic acids is 1. The zero-order chi connectivity index (χ0) is 16.1. The summed E-state index contributed by atoms with van der Waals surface area (Å²) in [6.45, 7) is 2.37. The number of ether oxygens (including phenoxy) is 2. The summed E-state index contributed by atoms with van der Waals surface area (Å²) in [5, 5.41) is 3.41. The molecule has 1 amide bonds. The van der Waals surface area contributed by atoms with Crippen LogP contribution in [0.15, 0.2) is 36.4 Å². The topological polar surface area (TPSA) is 47.6 Å². The van der Waals surface area contributed by atoms with E-state index in [1.165, 1.54) is 19.2 Å². The van der Waals surface area contributed by atoms with Crippen LogP contribution in [0.25, 0.3) is 0 Å². The van der Waals surface area contributed by atoms with Gasteiger partial charge >= 0.3 is 0 Å². The molecule has 0 radical (unpaired) electrons. The number of methoxy groups -OCH3 is 1. The Labute approximate surface area is 138 Å². The number of amides is 1. The van der Waals surface area contributed by atoms with Crippen LogP contribution in [0.3, 0.4) is 0 Å². The van der Waals surface area contributed by atoms with Crippen LogP contribution in [0.1, 0.15) is 17.3 Å². The Morgan fingerprint density at radius 3 is 2.64 bits per heavy atom. The van der Waals surface area contributed by atoms with Gasteiger partial charge in [-0.15, -0.1) is 0 Å². The van der Waals surface area contributed by atoms with Crippen molar-refractivity contribution in [1.29, 1.82) is 0 Å². The second-order valence-electron chi connectivity index (χ2n) is 4.35. The van der Waals surface area contributed by atoms with E-state index >= 15 is 0 Å². The number of para-hydroxylation sites is 2. The van der Waals surface area contributed by atoms with Gasteiger partial charge in [0.2, 0.25) is 0 Å². The molecule has 2 aromatic rings. The summed E-state index contributed by atoms with van der Waals surface area (Å²) < 4.78 is 10.7. The number of hydrogen-bond donors (Lipinski definition) is 1. The minimum absolute atomic E-state index is 0.256. The lowest BCUT2D eigenvalue weighted by Gasteiger charge is -2.14. The molecule has 4 nitrogen and oxygen atoms in total. The Morgan fingerprint density at radius 2 is 1.95 bits per heavy atom. The van der Waals surface area contributed by atoms with Gasteiger partial charge in [-0.25, -0.2) is 0 Å². The fourth-order valence-electron chi connectivity index (χ4n) is 1.98. The molecule has 0 bridgehead atoms. The lowest BCUT2D eigenvalue weighted by molar-refractivity contribution is 0.102. The molecule has 1 N–H and O–H groups in total. The van der Waals surface area contributed by atoms with Crippen LogP contribution < -0.4 is 14.8 Å². The van der Waals surface area contributed by atoms with Crippen molar-refractivity contribution in [2.45, 2.75) is 6.92 Å². The van der Waals surface area contributed by atoms with Crippen molar-refractivity contribution in [3.63, 3.8) is 0 Å². The number of rotatable bonds is 5. The molecule has 6 heteroatoms. The standard InChI is InChI=1S/C16H15Cl2NO3/c1-3-22-14-7-5-4-6-13(14)19-16(20)11-8-10(17)9-12(18)15(11)21-2/h4-9H,3H2,1-2H3,(H,19,20). The molecule has 116 valence electrons. The molecule has 22 heavy (non-hydrogen) atoms. The maximum atomic E-state index is 12.5. The highest BCUT2D eigenvalue weighted by Gasteiger charge is 2.18. The van der Waals surface area contributed by atoms with E-state index in [1.54, 1.807) is 18.2 Å². The molecule has 0 aliphatic rings. The smallest absolute Gasteiger partial charge is 0.259 e. The van der Waals surface area contributed by atoms with Crippen LogP contribution in [-0.4, -0.2) is 19.6 Å². The first-order valence-corrected chi connectivity index (χ1v) is 7.38. The maximum absolute atomic E-state index is 12.5. The monoisotopic (exact) mass is 339 g/mol. The summed E-state index contributed by atoms with van der Waals surface area (Å²) in [5.41, 5.74) is 0.818. The van der Waals surface area contributed by atoms with Crippen molar-refractivity contribution in [2.24, 2.45) is 0 Å². The second kappa shape index (κ2) is 7.38. The minimum atomic E-state index is -0.381. The predicted octanol–water partition coefficient (Wildman–Crippen LogP) is 4.65. The van der Waals surface area contributed by atoms with E-state index in [4.69, 9.17) is 32.7 Å². The molecule has 0 saturated carbocycles. The van der Waals surface area contributed by atoms with Gasteiger partial charge in [-0.05, 0) is 31.2 Å². The Bertz CT molecular complexity index is 689. The van der Waals surface area contributed by atoms with Gasteiger partial charge in [-0.2, -0.15) is 0 Å². The van der Waals surface area contributed by atoms with Crippen LogP contribution in [0.2, 0.25) is 10.0 Å². The first-order valence-electron chi connectivity index (χ1n) is 6.63. The molecule has 0 atom stereocenters. The Balaban J connectivity index is 2.34. The SMILES string of the molecule is CCOc1ccccc1NC(=O)c1cc(Cl)cc(Cl)c1OC. The summed E-state index contributed by atoms with van der Waals surface area (Å²) in [5.74, 6) is 0.483. The highest BCUT2D eigenvalue weighted by atomic mass is 35.5. The number of anilines is 1. The third-order valence-electron chi connectivity index (χ3n) is 2.89. The van der Waals surface area contributed by atoms with E-state index in [-0.39, 0.29) is 22.2 Å². The number of hydrogen-bond acceptors (Lipinski definition) is 3. The number of benzene rings is 2. The van der Waals surface area contributed by atoms with E-state index in [1.807, 2.05) is 13.0 Å². The molecular formula is C16H15Cl2NO3. The minimum Gasteiger partial charge on any atom is -0.494 e.